The third kappa shape index (κ3) is 5.48. The summed E-state index contributed by atoms with van der Waals surface area (Å²) in [5.41, 5.74) is 1.68. The number of anilines is 1. The van der Waals surface area contributed by atoms with Crippen LogP contribution < -0.4 is 10.6 Å². The Bertz CT molecular complexity index is 964. The van der Waals surface area contributed by atoms with Gasteiger partial charge in [-0.3, -0.25) is 14.6 Å². The highest BCUT2D eigenvalue weighted by molar-refractivity contribution is 5.97. The van der Waals surface area contributed by atoms with Gasteiger partial charge in [0.1, 0.15) is 11.9 Å². The Kier molecular flexibility index (Phi) is 6.68. The van der Waals surface area contributed by atoms with Crippen LogP contribution in [0.2, 0.25) is 0 Å². The van der Waals surface area contributed by atoms with Crippen molar-refractivity contribution >= 4 is 17.5 Å². The van der Waals surface area contributed by atoms with Crippen molar-refractivity contribution in [2.75, 3.05) is 5.32 Å². The molecule has 3 aromatic rings. The first-order valence-electron chi connectivity index (χ1n) is 9.35. The van der Waals surface area contributed by atoms with Gasteiger partial charge in [-0.15, -0.1) is 0 Å². The number of hydrogen-bond donors (Lipinski definition) is 2. The third-order valence-corrected chi connectivity index (χ3v) is 4.54. The van der Waals surface area contributed by atoms with E-state index in [0.29, 0.717) is 6.42 Å². The first-order valence-corrected chi connectivity index (χ1v) is 9.35. The van der Waals surface area contributed by atoms with Crippen LogP contribution in [0.4, 0.5) is 10.1 Å². The van der Waals surface area contributed by atoms with Gasteiger partial charge >= 0.3 is 0 Å². The number of para-hydroxylation sites is 1. The molecular weight excluding hydrogens is 369 g/mol. The number of aromatic nitrogens is 1. The third-order valence-electron chi connectivity index (χ3n) is 4.54. The van der Waals surface area contributed by atoms with Crippen molar-refractivity contribution in [2.45, 2.75) is 25.3 Å². The molecule has 2 N–H and O–H groups in total. The van der Waals surface area contributed by atoms with E-state index in [2.05, 4.69) is 15.6 Å². The van der Waals surface area contributed by atoms with Crippen LogP contribution >= 0.6 is 0 Å². The Morgan fingerprint density at radius 3 is 2.31 bits per heavy atom. The van der Waals surface area contributed by atoms with Gasteiger partial charge in [0.15, 0.2) is 0 Å². The standard InChI is InChI=1S/C23H22FN3O2/c1-16(22(28)27-21-13-6-5-12-20(21)24)26-23(29)19(17-9-3-2-4-10-17)15-18-11-7-8-14-25-18/h2-14,16,19H,15H2,1H3,(H,26,29)(H,27,28). The van der Waals surface area contributed by atoms with Crippen molar-refractivity contribution in [1.29, 1.82) is 0 Å². The fourth-order valence-corrected chi connectivity index (χ4v) is 2.96. The number of benzene rings is 2. The molecule has 29 heavy (non-hydrogen) atoms. The second kappa shape index (κ2) is 9.59. The molecule has 1 aromatic heterocycles. The molecule has 0 bridgehead atoms. The van der Waals surface area contributed by atoms with Crippen molar-refractivity contribution in [1.82, 2.24) is 10.3 Å². The number of halogens is 1. The van der Waals surface area contributed by atoms with Crippen LogP contribution in [0.25, 0.3) is 0 Å². The molecule has 0 radical (unpaired) electrons. The van der Waals surface area contributed by atoms with Crippen molar-refractivity contribution < 1.29 is 14.0 Å². The number of amides is 2. The second-order valence-corrected chi connectivity index (χ2v) is 6.69. The summed E-state index contributed by atoms with van der Waals surface area (Å²) >= 11 is 0. The number of pyridine rings is 1. The Labute approximate surface area is 169 Å². The topological polar surface area (TPSA) is 71.1 Å². The molecular formula is C23H22FN3O2. The molecule has 0 spiro atoms. The first-order chi connectivity index (χ1) is 14.0. The number of nitrogens with zero attached hydrogens (tertiary/aromatic N) is 1. The van der Waals surface area contributed by atoms with Gasteiger partial charge in [-0.25, -0.2) is 4.39 Å². The molecule has 0 saturated heterocycles. The maximum Gasteiger partial charge on any atom is 0.246 e. The van der Waals surface area contributed by atoms with E-state index in [-0.39, 0.29) is 11.6 Å². The summed E-state index contributed by atoms with van der Waals surface area (Å²) in [6.45, 7) is 1.57. The van der Waals surface area contributed by atoms with E-state index in [1.807, 2.05) is 48.5 Å². The van der Waals surface area contributed by atoms with Crippen molar-refractivity contribution in [3.05, 3.63) is 96.1 Å². The lowest BCUT2D eigenvalue weighted by Crippen LogP contribution is -2.44. The Hall–Kier alpha value is -3.54. The molecule has 0 saturated carbocycles. The van der Waals surface area contributed by atoms with Gasteiger partial charge in [0, 0.05) is 18.3 Å². The lowest BCUT2D eigenvalue weighted by molar-refractivity contribution is -0.127. The monoisotopic (exact) mass is 391 g/mol. The highest BCUT2D eigenvalue weighted by Crippen LogP contribution is 2.21. The number of rotatable bonds is 7. The van der Waals surface area contributed by atoms with E-state index in [0.717, 1.165) is 11.3 Å². The molecule has 3 rings (SSSR count). The lowest BCUT2D eigenvalue weighted by atomic mass is 9.92. The van der Waals surface area contributed by atoms with Gasteiger partial charge < -0.3 is 10.6 Å². The summed E-state index contributed by atoms with van der Waals surface area (Å²) in [6.07, 6.45) is 2.08. The van der Waals surface area contributed by atoms with Gasteiger partial charge in [0.05, 0.1) is 11.6 Å². The molecule has 2 unspecified atom stereocenters. The van der Waals surface area contributed by atoms with Crippen LogP contribution in [0.3, 0.4) is 0 Å². The molecule has 0 fully saturated rings. The average molecular weight is 391 g/mol. The molecule has 6 heteroatoms. The number of carbonyl (C=O) groups excluding carboxylic acids is 2. The summed E-state index contributed by atoms with van der Waals surface area (Å²) in [5.74, 6) is -1.82. The molecule has 2 aromatic carbocycles. The zero-order valence-electron chi connectivity index (χ0n) is 16.0. The number of nitrogens with one attached hydrogen (secondary N) is 2. The van der Waals surface area contributed by atoms with E-state index in [1.54, 1.807) is 19.2 Å². The first kappa shape index (κ1) is 20.2. The Morgan fingerprint density at radius 2 is 1.62 bits per heavy atom. The summed E-state index contributed by atoms with van der Waals surface area (Å²) in [5, 5.41) is 5.24. The van der Waals surface area contributed by atoms with Crippen molar-refractivity contribution in [3.63, 3.8) is 0 Å². The molecule has 0 aliphatic rings. The maximum absolute atomic E-state index is 13.8. The normalized spacial score (nSPS) is 12.6. The van der Waals surface area contributed by atoms with E-state index in [1.165, 1.54) is 18.2 Å². The highest BCUT2D eigenvalue weighted by atomic mass is 19.1. The number of carbonyl (C=O) groups is 2. The van der Waals surface area contributed by atoms with Gasteiger partial charge in [0.2, 0.25) is 11.8 Å². The molecule has 5 nitrogen and oxygen atoms in total. The van der Waals surface area contributed by atoms with Gasteiger partial charge in [-0.05, 0) is 36.8 Å². The second-order valence-electron chi connectivity index (χ2n) is 6.69. The summed E-state index contributed by atoms with van der Waals surface area (Å²) in [7, 11) is 0. The zero-order valence-corrected chi connectivity index (χ0v) is 16.0. The van der Waals surface area contributed by atoms with Crippen LogP contribution in [0, 0.1) is 5.82 Å². The van der Waals surface area contributed by atoms with Crippen molar-refractivity contribution in [2.24, 2.45) is 0 Å². The predicted octanol–water partition coefficient (Wildman–Crippen LogP) is 3.69. The van der Waals surface area contributed by atoms with E-state index in [9.17, 15) is 14.0 Å². The van der Waals surface area contributed by atoms with Gasteiger partial charge in [0.25, 0.3) is 0 Å². The van der Waals surface area contributed by atoms with Crippen LogP contribution in [0.5, 0.6) is 0 Å². The summed E-state index contributed by atoms with van der Waals surface area (Å²) in [4.78, 5) is 29.7. The quantitative estimate of drug-likeness (QED) is 0.645. The average Bonchev–Trinajstić information content (AvgIpc) is 2.75. The fraction of sp³-hybridized carbons (Fsp3) is 0.174. The van der Waals surface area contributed by atoms with Crippen molar-refractivity contribution in [3.8, 4) is 0 Å². The largest absolute Gasteiger partial charge is 0.344 e. The summed E-state index contributed by atoms with van der Waals surface area (Å²) in [6, 6.07) is 20.0. The highest BCUT2D eigenvalue weighted by Gasteiger charge is 2.25. The molecule has 2 atom stereocenters. The SMILES string of the molecule is CC(NC(=O)C(Cc1ccccn1)c1ccccc1)C(=O)Nc1ccccc1F. The van der Waals surface area contributed by atoms with Crippen LogP contribution in [-0.4, -0.2) is 22.8 Å². The molecule has 2 amide bonds. The maximum atomic E-state index is 13.8. The van der Waals surface area contributed by atoms with E-state index >= 15 is 0 Å². The summed E-state index contributed by atoms with van der Waals surface area (Å²) < 4.78 is 13.8. The van der Waals surface area contributed by atoms with E-state index < -0.39 is 23.7 Å². The van der Waals surface area contributed by atoms with E-state index in [4.69, 9.17) is 0 Å². The molecule has 0 aliphatic carbocycles. The van der Waals surface area contributed by atoms with Crippen LogP contribution in [0.15, 0.2) is 79.0 Å². The van der Waals surface area contributed by atoms with Crippen LogP contribution in [0.1, 0.15) is 24.1 Å². The minimum absolute atomic E-state index is 0.0756. The zero-order chi connectivity index (χ0) is 20.6. The minimum atomic E-state index is -0.836. The smallest absolute Gasteiger partial charge is 0.246 e. The fourth-order valence-electron chi connectivity index (χ4n) is 2.96. The van der Waals surface area contributed by atoms with Gasteiger partial charge in [-0.1, -0.05) is 48.5 Å². The predicted molar refractivity (Wildman–Crippen MR) is 110 cm³/mol. The lowest BCUT2D eigenvalue weighted by Gasteiger charge is -2.20. The number of hydrogen-bond acceptors (Lipinski definition) is 3. The minimum Gasteiger partial charge on any atom is -0.344 e. The Balaban J connectivity index is 1.72. The van der Waals surface area contributed by atoms with Crippen LogP contribution in [-0.2, 0) is 16.0 Å². The molecule has 148 valence electrons. The van der Waals surface area contributed by atoms with Gasteiger partial charge in [-0.2, -0.15) is 0 Å². The molecule has 0 aliphatic heterocycles. The molecule has 1 heterocycles. The Morgan fingerprint density at radius 1 is 0.931 bits per heavy atom.